The van der Waals surface area contributed by atoms with Crippen LogP contribution in [0.3, 0.4) is 0 Å². The van der Waals surface area contributed by atoms with Gasteiger partial charge in [-0.15, -0.1) is 0 Å². The van der Waals surface area contributed by atoms with Gasteiger partial charge in [0.05, 0.1) is 16.1 Å². The summed E-state index contributed by atoms with van der Waals surface area (Å²) in [5.41, 5.74) is 10.8. The first-order valence-electron chi connectivity index (χ1n) is 21.2. The molecule has 6 heterocycles. The van der Waals surface area contributed by atoms with Crippen LogP contribution in [0.5, 0.6) is 0 Å². The number of carbonyl (C=O) groups excluding carboxylic acids is 4. The Balaban J connectivity index is 0.792. The molecule has 3 saturated heterocycles. The number of nitrogens with one attached hydrogen (secondary N) is 3. The molecule has 4 aliphatic rings. The number of nitrogens with two attached hydrogens (primary N) is 1. The predicted octanol–water partition coefficient (Wildman–Crippen LogP) is 6.75. The van der Waals surface area contributed by atoms with Crippen molar-refractivity contribution >= 4 is 69.7 Å². The molecule has 2 aromatic heterocycles. The number of aromatic nitrogens is 3. The van der Waals surface area contributed by atoms with E-state index in [4.69, 9.17) is 22.4 Å². The van der Waals surface area contributed by atoms with Crippen molar-refractivity contribution in [2.75, 3.05) is 77.7 Å². The Morgan fingerprint density at radius 2 is 1.53 bits per heavy atom. The third-order valence-corrected chi connectivity index (χ3v) is 12.7. The number of halogens is 4. The molecule has 19 heteroatoms. The minimum atomic E-state index is -4.61. The number of anilines is 6. The Bertz CT molecular complexity index is 2620. The molecule has 0 bridgehead atoms. The van der Waals surface area contributed by atoms with Gasteiger partial charge in [-0.1, -0.05) is 17.7 Å². The number of benzene rings is 3. The van der Waals surface area contributed by atoms with E-state index in [9.17, 15) is 32.3 Å². The van der Waals surface area contributed by atoms with Gasteiger partial charge in [0.15, 0.2) is 0 Å². The number of amides is 5. The molecular weight excluding hydrogens is 851 g/mol. The molecule has 0 aliphatic carbocycles. The third kappa shape index (κ3) is 8.92. The number of rotatable bonds is 9. The van der Waals surface area contributed by atoms with Crippen LogP contribution in [0.1, 0.15) is 51.1 Å². The van der Waals surface area contributed by atoms with Gasteiger partial charge >= 0.3 is 12.2 Å². The summed E-state index contributed by atoms with van der Waals surface area (Å²) in [5, 5.41) is 12.9. The Morgan fingerprint density at radius 1 is 0.812 bits per heavy atom. The van der Waals surface area contributed by atoms with Gasteiger partial charge in [-0.25, -0.2) is 14.5 Å². The number of hydrogen-bond acceptors (Lipinski definition) is 10. The van der Waals surface area contributed by atoms with Gasteiger partial charge in [0.1, 0.15) is 22.9 Å². The maximum Gasteiger partial charge on any atom is 0.416 e. The maximum absolute atomic E-state index is 13.2. The summed E-state index contributed by atoms with van der Waals surface area (Å²) in [5.74, 6) is -0.949. The second kappa shape index (κ2) is 17.5. The SMILES string of the molecule is NC(=O)c1c(-c2ccc(C(=O)Nc3cc(C(F)(F)F)ccn3)c(Cl)c2)nn2c1Nc1ccc(N3CCN(CC4CCN(c5ccc(N6CCC(=O)NC6=O)cc5)CC4)CC3)cc1CC2. The summed E-state index contributed by atoms with van der Waals surface area (Å²) in [6.07, 6.45) is -0.505. The number of urea groups is 1. The van der Waals surface area contributed by atoms with E-state index in [0.29, 0.717) is 43.2 Å². The Labute approximate surface area is 371 Å². The van der Waals surface area contributed by atoms with Crippen LogP contribution in [0.25, 0.3) is 11.3 Å². The largest absolute Gasteiger partial charge is 0.416 e. The number of imide groups is 1. The maximum atomic E-state index is 13.2. The fraction of sp³-hybridized carbons (Fsp3) is 0.333. The van der Waals surface area contributed by atoms with Gasteiger partial charge in [0.25, 0.3) is 11.8 Å². The standard InChI is InChI=1S/C45H45ClF3N11O4/c46-35-24-29(1-7-34(35)43(63)53-37-25-30(9-14-51-37)45(47,48)49)40-39(41(50)62)42-52-36-8-6-33(23-28(36)12-18-60(42)55-40)58-21-19-56(20-22-58)26-27-10-15-57(16-11-27)31-2-4-32(5-3-31)59-17-13-38(61)54-44(59)64/h1-9,14,23-25,27,52H,10-13,15-22,26H2,(H2,50,62)(H,51,53,63)(H,54,61,64). The van der Waals surface area contributed by atoms with Gasteiger partial charge in [0, 0.05) is 99.8 Å². The van der Waals surface area contributed by atoms with Crippen molar-refractivity contribution in [1.82, 2.24) is 25.0 Å². The number of fused-ring (bicyclic) bond motifs is 2. The summed E-state index contributed by atoms with van der Waals surface area (Å²) >= 11 is 6.53. The van der Waals surface area contributed by atoms with E-state index in [1.165, 1.54) is 12.1 Å². The normalized spacial score (nSPS) is 17.3. The van der Waals surface area contributed by atoms with Crippen LogP contribution in [-0.2, 0) is 23.9 Å². The van der Waals surface area contributed by atoms with E-state index in [0.717, 1.165) is 105 Å². The highest BCUT2D eigenvalue weighted by Gasteiger charge is 2.32. The first kappa shape index (κ1) is 42.6. The topological polar surface area (TPSA) is 174 Å². The van der Waals surface area contributed by atoms with Crippen LogP contribution in [0.4, 0.5) is 52.4 Å². The molecule has 5 amide bonds. The number of primary amides is 1. The molecular formula is C45H45ClF3N11O4. The first-order chi connectivity index (χ1) is 30.8. The van der Waals surface area contributed by atoms with Crippen molar-refractivity contribution in [3.63, 3.8) is 0 Å². The highest BCUT2D eigenvalue weighted by atomic mass is 35.5. The monoisotopic (exact) mass is 895 g/mol. The van der Waals surface area contributed by atoms with Crippen molar-refractivity contribution in [2.24, 2.45) is 11.7 Å². The zero-order chi connectivity index (χ0) is 44.7. The van der Waals surface area contributed by atoms with Gasteiger partial charge in [-0.2, -0.15) is 18.3 Å². The van der Waals surface area contributed by atoms with Gasteiger partial charge in [-0.3, -0.25) is 29.5 Å². The van der Waals surface area contributed by atoms with E-state index in [2.05, 4.69) is 59.9 Å². The lowest BCUT2D eigenvalue weighted by atomic mass is 9.95. The molecule has 332 valence electrons. The second-order valence-corrected chi connectivity index (χ2v) is 16.8. The van der Waals surface area contributed by atoms with Gasteiger partial charge in [-0.05, 0) is 97.5 Å². The number of nitrogens with zero attached hydrogens (tertiary/aromatic N) is 7. The van der Waals surface area contributed by atoms with Crippen LogP contribution in [-0.4, -0.2) is 95.8 Å². The molecule has 5 N–H and O–H groups in total. The molecule has 15 nitrogen and oxygen atoms in total. The fourth-order valence-corrected chi connectivity index (χ4v) is 9.20. The number of carbonyl (C=O) groups is 4. The molecule has 0 saturated carbocycles. The van der Waals surface area contributed by atoms with Crippen molar-refractivity contribution in [2.45, 2.75) is 38.4 Å². The van der Waals surface area contributed by atoms with Crippen LogP contribution < -0.4 is 36.4 Å². The highest BCUT2D eigenvalue weighted by Crippen LogP contribution is 2.38. The lowest BCUT2D eigenvalue weighted by Crippen LogP contribution is -2.49. The van der Waals surface area contributed by atoms with Crippen molar-refractivity contribution in [3.8, 4) is 11.3 Å². The number of piperazine rings is 1. The third-order valence-electron chi connectivity index (χ3n) is 12.4. The zero-order valence-corrected chi connectivity index (χ0v) is 35.4. The van der Waals surface area contributed by atoms with Gasteiger partial charge < -0.3 is 26.2 Å². The summed E-state index contributed by atoms with van der Waals surface area (Å²) < 4.78 is 41.3. The molecule has 0 atom stereocenters. The molecule has 0 radical (unpaired) electrons. The average Bonchev–Trinajstić information content (AvgIpc) is 3.55. The van der Waals surface area contributed by atoms with E-state index >= 15 is 0 Å². The zero-order valence-electron chi connectivity index (χ0n) is 34.6. The molecule has 64 heavy (non-hydrogen) atoms. The quantitative estimate of drug-likeness (QED) is 0.124. The van der Waals surface area contributed by atoms with E-state index in [1.807, 2.05) is 18.2 Å². The minimum Gasteiger partial charge on any atom is -0.372 e. The number of piperidine rings is 1. The molecule has 9 rings (SSSR count). The fourth-order valence-electron chi connectivity index (χ4n) is 8.93. The minimum absolute atomic E-state index is 0.0130. The first-order valence-corrected chi connectivity index (χ1v) is 21.5. The van der Waals surface area contributed by atoms with E-state index in [-0.39, 0.29) is 39.6 Å². The molecule has 0 unspecified atom stereocenters. The Hall–Kier alpha value is -6.66. The predicted molar refractivity (Wildman–Crippen MR) is 237 cm³/mol. The molecule has 3 aromatic carbocycles. The highest BCUT2D eigenvalue weighted by molar-refractivity contribution is 6.34. The van der Waals surface area contributed by atoms with Crippen molar-refractivity contribution in [3.05, 3.63) is 106 Å². The van der Waals surface area contributed by atoms with Crippen LogP contribution in [0.15, 0.2) is 79.0 Å². The van der Waals surface area contributed by atoms with E-state index in [1.54, 1.807) is 15.6 Å². The van der Waals surface area contributed by atoms with Crippen molar-refractivity contribution in [1.29, 1.82) is 0 Å². The Morgan fingerprint density at radius 3 is 2.23 bits per heavy atom. The summed E-state index contributed by atoms with van der Waals surface area (Å²) in [7, 11) is 0. The second-order valence-electron chi connectivity index (χ2n) is 16.4. The summed E-state index contributed by atoms with van der Waals surface area (Å²) in [6.45, 7) is 7.61. The van der Waals surface area contributed by atoms with Crippen LogP contribution in [0, 0.1) is 5.92 Å². The number of aryl methyl sites for hydroxylation is 2. The summed E-state index contributed by atoms with van der Waals surface area (Å²) in [4.78, 5) is 62.6. The van der Waals surface area contributed by atoms with Gasteiger partial charge in [0.2, 0.25) is 5.91 Å². The number of pyridine rings is 1. The number of alkyl halides is 3. The lowest BCUT2D eigenvalue weighted by Gasteiger charge is -2.40. The average molecular weight is 896 g/mol. The van der Waals surface area contributed by atoms with Crippen LogP contribution in [0.2, 0.25) is 5.02 Å². The van der Waals surface area contributed by atoms with E-state index < -0.39 is 23.6 Å². The Kier molecular flexibility index (Phi) is 11.6. The molecule has 4 aliphatic heterocycles. The van der Waals surface area contributed by atoms with Crippen molar-refractivity contribution < 1.29 is 32.3 Å². The molecule has 5 aromatic rings. The molecule has 0 spiro atoms. The lowest BCUT2D eigenvalue weighted by molar-refractivity contribution is -0.137. The number of hydrogen-bond donors (Lipinski definition) is 4. The molecule has 3 fully saturated rings. The smallest absolute Gasteiger partial charge is 0.372 e. The summed E-state index contributed by atoms with van der Waals surface area (Å²) in [6, 6.07) is 19.9. The van der Waals surface area contributed by atoms with Crippen LogP contribution >= 0.6 is 11.6 Å².